The third-order valence-corrected chi connectivity index (χ3v) is 2.43. The predicted octanol–water partition coefficient (Wildman–Crippen LogP) is 3.59. The van der Waals surface area contributed by atoms with Gasteiger partial charge in [0, 0.05) is 11.1 Å². The van der Waals surface area contributed by atoms with E-state index in [0.717, 1.165) is 16.9 Å². The number of H-pyrrole nitrogens is 1. The number of aromatic nitrogens is 2. The zero-order valence-corrected chi connectivity index (χ0v) is 10.6. The van der Waals surface area contributed by atoms with Crippen molar-refractivity contribution in [2.75, 3.05) is 0 Å². The number of aromatic amines is 1. The van der Waals surface area contributed by atoms with Crippen LogP contribution in [0.4, 0.5) is 0 Å². The van der Waals surface area contributed by atoms with Gasteiger partial charge in [-0.3, -0.25) is 5.10 Å². The number of para-hydroxylation sites is 1. The first kappa shape index (κ1) is 11.8. The van der Waals surface area contributed by atoms with Gasteiger partial charge in [-0.05, 0) is 26.0 Å². The van der Waals surface area contributed by atoms with Crippen molar-refractivity contribution >= 4 is 12.2 Å². The highest BCUT2D eigenvalue weighted by Gasteiger charge is 2.07. The van der Waals surface area contributed by atoms with E-state index in [4.69, 9.17) is 17.0 Å². The van der Waals surface area contributed by atoms with Crippen molar-refractivity contribution in [2.24, 2.45) is 0 Å². The highest BCUT2D eigenvalue weighted by molar-refractivity contribution is 7.71. The fraction of sp³-hybridized carbons (Fsp3) is 0.231. The van der Waals surface area contributed by atoms with Crippen molar-refractivity contribution < 1.29 is 4.74 Å². The lowest BCUT2D eigenvalue weighted by molar-refractivity contribution is 0.243. The molecule has 17 heavy (non-hydrogen) atoms. The van der Waals surface area contributed by atoms with Gasteiger partial charge < -0.3 is 4.74 Å². The molecule has 0 atom stereocenters. The second kappa shape index (κ2) is 5.10. The van der Waals surface area contributed by atoms with Gasteiger partial charge in [0.05, 0.1) is 12.3 Å². The first-order valence-corrected chi connectivity index (χ1v) is 5.88. The summed E-state index contributed by atoms with van der Waals surface area (Å²) in [5, 5.41) is 6.72. The topological polar surface area (TPSA) is 37.9 Å². The van der Waals surface area contributed by atoms with Crippen LogP contribution < -0.4 is 4.74 Å². The van der Waals surface area contributed by atoms with E-state index in [1.807, 2.05) is 44.2 Å². The zero-order chi connectivity index (χ0) is 12.3. The maximum Gasteiger partial charge on any atom is 0.127 e. The Balaban J connectivity index is 2.48. The highest BCUT2D eigenvalue weighted by atomic mass is 32.1. The van der Waals surface area contributed by atoms with E-state index < -0.39 is 0 Å². The molecule has 0 aliphatic rings. The molecule has 0 fully saturated rings. The molecule has 1 heterocycles. The minimum absolute atomic E-state index is 0.141. The van der Waals surface area contributed by atoms with Crippen molar-refractivity contribution in [1.29, 1.82) is 0 Å². The summed E-state index contributed by atoms with van der Waals surface area (Å²) in [7, 11) is 0. The fourth-order valence-electron chi connectivity index (χ4n) is 1.59. The minimum atomic E-state index is 0.141. The van der Waals surface area contributed by atoms with Crippen molar-refractivity contribution in [1.82, 2.24) is 10.2 Å². The molecule has 1 aromatic carbocycles. The summed E-state index contributed by atoms with van der Waals surface area (Å²) in [6.45, 7) is 4.01. The molecular weight excluding hydrogens is 232 g/mol. The lowest BCUT2D eigenvalue weighted by Crippen LogP contribution is -2.06. The Labute approximate surface area is 105 Å². The quantitative estimate of drug-likeness (QED) is 0.841. The summed E-state index contributed by atoms with van der Waals surface area (Å²) in [4.78, 5) is 0. The van der Waals surface area contributed by atoms with Crippen molar-refractivity contribution in [2.45, 2.75) is 20.0 Å². The Morgan fingerprint density at radius 3 is 2.76 bits per heavy atom. The molecule has 2 rings (SSSR count). The van der Waals surface area contributed by atoms with Crippen LogP contribution in [-0.4, -0.2) is 16.3 Å². The Morgan fingerprint density at radius 1 is 1.29 bits per heavy atom. The van der Waals surface area contributed by atoms with Crippen LogP contribution in [0.1, 0.15) is 13.8 Å². The van der Waals surface area contributed by atoms with Gasteiger partial charge in [0.2, 0.25) is 0 Å². The molecule has 0 amide bonds. The monoisotopic (exact) mass is 246 g/mol. The first-order valence-electron chi connectivity index (χ1n) is 5.47. The zero-order valence-electron chi connectivity index (χ0n) is 9.81. The van der Waals surface area contributed by atoms with Gasteiger partial charge in [0.1, 0.15) is 10.4 Å². The van der Waals surface area contributed by atoms with E-state index >= 15 is 0 Å². The molecule has 88 valence electrons. The Kier molecular flexibility index (Phi) is 3.54. The highest BCUT2D eigenvalue weighted by Crippen LogP contribution is 2.29. The molecule has 0 aliphatic carbocycles. The molecule has 0 saturated heterocycles. The fourth-order valence-corrected chi connectivity index (χ4v) is 1.77. The van der Waals surface area contributed by atoms with Crippen LogP contribution >= 0.6 is 12.2 Å². The summed E-state index contributed by atoms with van der Waals surface area (Å²) in [5.41, 5.74) is 1.97. The third-order valence-electron chi connectivity index (χ3n) is 2.23. The summed E-state index contributed by atoms with van der Waals surface area (Å²) >= 11 is 5.07. The molecule has 0 spiro atoms. The lowest BCUT2D eigenvalue weighted by atomic mass is 10.1. The molecule has 0 radical (unpaired) electrons. The SMILES string of the molecule is CC(C)Oc1ccccc1-c1cn[nH]c(=S)c1. The number of hydrogen-bond acceptors (Lipinski definition) is 3. The van der Waals surface area contributed by atoms with Crippen LogP contribution in [0.15, 0.2) is 36.5 Å². The standard InChI is InChI=1S/C13H14N2OS/c1-9(2)16-12-6-4-3-5-11(12)10-7-13(17)15-14-8-10/h3-9H,1-2H3,(H,15,17). The third kappa shape index (κ3) is 2.91. The summed E-state index contributed by atoms with van der Waals surface area (Å²) in [6.07, 6.45) is 1.89. The van der Waals surface area contributed by atoms with Crippen molar-refractivity contribution in [3.8, 4) is 16.9 Å². The molecule has 0 unspecified atom stereocenters. The van der Waals surface area contributed by atoms with Crippen LogP contribution in [-0.2, 0) is 0 Å². The number of rotatable bonds is 3. The molecule has 0 saturated carbocycles. The van der Waals surface area contributed by atoms with Gasteiger partial charge in [0.25, 0.3) is 0 Å². The normalized spacial score (nSPS) is 10.5. The van der Waals surface area contributed by atoms with Gasteiger partial charge >= 0.3 is 0 Å². The number of benzene rings is 1. The molecule has 0 bridgehead atoms. The molecule has 0 aliphatic heterocycles. The van der Waals surface area contributed by atoms with E-state index in [-0.39, 0.29) is 6.10 Å². The smallest absolute Gasteiger partial charge is 0.127 e. The van der Waals surface area contributed by atoms with E-state index in [1.165, 1.54) is 0 Å². The van der Waals surface area contributed by atoms with Gasteiger partial charge in [-0.1, -0.05) is 30.4 Å². The van der Waals surface area contributed by atoms with E-state index in [1.54, 1.807) is 6.20 Å². The number of hydrogen-bond donors (Lipinski definition) is 1. The van der Waals surface area contributed by atoms with E-state index in [2.05, 4.69) is 10.2 Å². The van der Waals surface area contributed by atoms with Crippen molar-refractivity contribution in [3.05, 3.63) is 41.2 Å². The van der Waals surface area contributed by atoms with Crippen LogP contribution in [0, 0.1) is 4.64 Å². The van der Waals surface area contributed by atoms with Gasteiger partial charge in [0.15, 0.2) is 0 Å². The minimum Gasteiger partial charge on any atom is -0.490 e. The van der Waals surface area contributed by atoms with Crippen LogP contribution in [0.5, 0.6) is 5.75 Å². The van der Waals surface area contributed by atoms with Crippen molar-refractivity contribution in [3.63, 3.8) is 0 Å². The van der Waals surface area contributed by atoms with Gasteiger partial charge in [-0.15, -0.1) is 0 Å². The Bertz CT molecular complexity index is 563. The maximum absolute atomic E-state index is 5.77. The molecule has 1 N–H and O–H groups in total. The summed E-state index contributed by atoms with van der Waals surface area (Å²) in [5.74, 6) is 0.852. The largest absolute Gasteiger partial charge is 0.490 e. The molecule has 2 aromatic rings. The Morgan fingerprint density at radius 2 is 2.06 bits per heavy atom. The summed E-state index contributed by atoms with van der Waals surface area (Å²) in [6, 6.07) is 9.77. The maximum atomic E-state index is 5.77. The lowest BCUT2D eigenvalue weighted by Gasteiger charge is -2.13. The van der Waals surface area contributed by atoms with Gasteiger partial charge in [-0.2, -0.15) is 5.10 Å². The van der Waals surface area contributed by atoms with Crippen LogP contribution in [0.3, 0.4) is 0 Å². The predicted molar refractivity (Wildman–Crippen MR) is 70.6 cm³/mol. The average Bonchev–Trinajstić information content (AvgIpc) is 2.29. The molecule has 3 nitrogen and oxygen atoms in total. The van der Waals surface area contributed by atoms with Gasteiger partial charge in [-0.25, -0.2) is 0 Å². The average molecular weight is 246 g/mol. The number of nitrogens with zero attached hydrogens (tertiary/aromatic N) is 1. The molecule has 4 heteroatoms. The Hall–Kier alpha value is -1.68. The second-order valence-corrected chi connectivity index (χ2v) is 4.44. The molecular formula is C13H14N2OS. The summed E-state index contributed by atoms with van der Waals surface area (Å²) < 4.78 is 6.38. The second-order valence-electron chi connectivity index (χ2n) is 4.00. The first-order chi connectivity index (χ1) is 8.16. The van der Waals surface area contributed by atoms with Crippen LogP contribution in [0.2, 0.25) is 0 Å². The van der Waals surface area contributed by atoms with Crippen LogP contribution in [0.25, 0.3) is 11.1 Å². The number of ether oxygens (including phenoxy) is 1. The number of nitrogens with one attached hydrogen (secondary N) is 1. The van der Waals surface area contributed by atoms with E-state index in [9.17, 15) is 0 Å². The molecule has 1 aromatic heterocycles. The van der Waals surface area contributed by atoms with E-state index in [0.29, 0.717) is 4.64 Å².